The molecule has 0 unspecified atom stereocenters. The quantitative estimate of drug-likeness (QED) is 0.326. The Bertz CT molecular complexity index is 1450. The second-order valence-corrected chi connectivity index (χ2v) is 13.3. The third kappa shape index (κ3) is 4.68. The standard InChI is InChI=1S/C27H30Cl2N7OP/c1-18-16-35(17-19(2)37-18)38(33-24-22(28)12-8-13-23(24)29)25-20(3)32-36(15-9-14-30)27(25)31-26(34(38)4)21-10-6-5-7-11-21/h5-8,10-13,18-19H,9,15-17H2,1-4H3/t18-,19-,38-/m1/s1. The van der Waals surface area contributed by atoms with Gasteiger partial charge >= 0.3 is 0 Å². The van der Waals surface area contributed by atoms with E-state index in [1.807, 2.05) is 67.2 Å². The topological polar surface area (TPSA) is 82.0 Å². The minimum atomic E-state index is -2.82. The fourth-order valence-electron chi connectivity index (χ4n) is 5.24. The summed E-state index contributed by atoms with van der Waals surface area (Å²) < 4.78 is 18.2. The first-order valence-electron chi connectivity index (χ1n) is 12.6. The van der Waals surface area contributed by atoms with Crippen LogP contribution in [0.4, 0.5) is 11.5 Å². The Hall–Kier alpha value is -2.66. The summed E-state index contributed by atoms with van der Waals surface area (Å²) in [6.45, 7) is 7.93. The first-order valence-corrected chi connectivity index (χ1v) is 15.0. The van der Waals surface area contributed by atoms with Gasteiger partial charge < -0.3 is 9.41 Å². The molecule has 0 amide bonds. The van der Waals surface area contributed by atoms with Gasteiger partial charge in [0, 0.05) is 25.7 Å². The number of benzene rings is 2. The van der Waals surface area contributed by atoms with Crippen LogP contribution in [0, 0.1) is 18.3 Å². The lowest BCUT2D eigenvalue weighted by Crippen LogP contribution is -2.50. The van der Waals surface area contributed by atoms with Crippen molar-refractivity contribution in [1.82, 2.24) is 19.1 Å². The summed E-state index contributed by atoms with van der Waals surface area (Å²) in [5.41, 5.74) is 2.34. The number of morpholine rings is 1. The highest BCUT2D eigenvalue weighted by atomic mass is 35.5. The second kappa shape index (κ2) is 10.8. The summed E-state index contributed by atoms with van der Waals surface area (Å²) in [6, 6.07) is 17.8. The van der Waals surface area contributed by atoms with E-state index in [1.165, 1.54) is 0 Å². The molecule has 2 aromatic carbocycles. The van der Waals surface area contributed by atoms with Crippen molar-refractivity contribution < 1.29 is 4.74 Å². The Labute approximate surface area is 233 Å². The number of aliphatic imine (C=N–C) groups is 1. The molecule has 0 bridgehead atoms. The van der Waals surface area contributed by atoms with E-state index in [1.54, 1.807) is 0 Å². The van der Waals surface area contributed by atoms with Gasteiger partial charge in [-0.05, 0) is 32.9 Å². The average Bonchev–Trinajstić information content (AvgIpc) is 3.21. The van der Waals surface area contributed by atoms with Gasteiger partial charge in [-0.3, -0.25) is 0 Å². The molecular formula is C27H30Cl2N7OP. The number of hydrogen-bond donors (Lipinski definition) is 0. The van der Waals surface area contributed by atoms with Gasteiger partial charge in [0.1, 0.15) is 11.5 Å². The molecule has 0 radical (unpaired) electrons. The van der Waals surface area contributed by atoms with E-state index in [0.29, 0.717) is 41.8 Å². The maximum atomic E-state index is 9.33. The Balaban J connectivity index is 1.89. The molecule has 0 spiro atoms. The first kappa shape index (κ1) is 26.9. The molecule has 198 valence electrons. The largest absolute Gasteiger partial charge is 0.373 e. The lowest BCUT2D eigenvalue weighted by Gasteiger charge is -2.49. The number of aryl methyl sites for hydroxylation is 2. The van der Waals surface area contributed by atoms with Crippen molar-refractivity contribution in [1.29, 1.82) is 5.26 Å². The molecule has 0 N–H and O–H groups in total. The van der Waals surface area contributed by atoms with E-state index in [0.717, 1.165) is 28.2 Å². The van der Waals surface area contributed by atoms with Gasteiger partial charge in [-0.1, -0.05) is 59.6 Å². The molecule has 3 aromatic rings. The molecule has 8 nitrogen and oxygen atoms in total. The lowest BCUT2D eigenvalue weighted by atomic mass is 10.2. The van der Waals surface area contributed by atoms with Crippen molar-refractivity contribution in [2.75, 3.05) is 20.1 Å². The van der Waals surface area contributed by atoms with Crippen LogP contribution in [-0.4, -0.2) is 57.3 Å². The Kier molecular flexibility index (Phi) is 7.68. The lowest BCUT2D eigenvalue weighted by molar-refractivity contribution is -0.0442. The predicted molar refractivity (Wildman–Crippen MR) is 154 cm³/mol. The van der Waals surface area contributed by atoms with Crippen LogP contribution in [0.5, 0.6) is 0 Å². The Morgan fingerprint density at radius 3 is 2.37 bits per heavy atom. The van der Waals surface area contributed by atoms with E-state index in [4.69, 9.17) is 42.8 Å². The highest BCUT2D eigenvalue weighted by Crippen LogP contribution is 2.63. The van der Waals surface area contributed by atoms with Gasteiger partial charge in [0.05, 0.1) is 52.3 Å². The van der Waals surface area contributed by atoms with Gasteiger partial charge in [0.2, 0.25) is 0 Å². The second-order valence-electron chi connectivity index (χ2n) is 9.58. The van der Waals surface area contributed by atoms with Crippen molar-refractivity contribution in [2.45, 2.75) is 45.9 Å². The van der Waals surface area contributed by atoms with Crippen LogP contribution in [0.15, 0.2) is 58.3 Å². The number of hydrogen-bond acceptors (Lipinski definition) is 5. The van der Waals surface area contributed by atoms with Gasteiger partial charge in [-0.2, -0.15) is 10.4 Å². The maximum Gasteiger partial charge on any atom is 0.165 e. The number of fused-ring (bicyclic) bond motifs is 1. The van der Waals surface area contributed by atoms with Crippen LogP contribution in [0.3, 0.4) is 0 Å². The zero-order valence-electron chi connectivity index (χ0n) is 21.8. The molecular weight excluding hydrogens is 540 g/mol. The van der Waals surface area contributed by atoms with Gasteiger partial charge in [-0.15, -0.1) is 0 Å². The smallest absolute Gasteiger partial charge is 0.165 e. The summed E-state index contributed by atoms with van der Waals surface area (Å²) >= 11 is 13.5. The molecule has 2 aliphatic rings. The molecule has 1 fully saturated rings. The number of nitrogens with zero attached hydrogens (tertiary/aromatic N) is 7. The molecule has 38 heavy (non-hydrogen) atoms. The molecule has 0 saturated carbocycles. The molecule has 3 atom stereocenters. The number of nitriles is 1. The predicted octanol–water partition coefficient (Wildman–Crippen LogP) is 6.53. The molecule has 5 rings (SSSR count). The third-order valence-electron chi connectivity index (χ3n) is 6.75. The number of rotatable bonds is 5. The fourth-order valence-corrected chi connectivity index (χ4v) is 9.91. The van der Waals surface area contributed by atoms with Crippen molar-refractivity contribution in [3.05, 3.63) is 69.8 Å². The molecule has 0 aliphatic carbocycles. The maximum absolute atomic E-state index is 9.33. The minimum Gasteiger partial charge on any atom is -0.373 e. The van der Waals surface area contributed by atoms with Crippen molar-refractivity contribution in [3.63, 3.8) is 0 Å². The summed E-state index contributed by atoms with van der Waals surface area (Å²) in [6.07, 6.45) is 0.319. The zero-order chi connectivity index (χ0) is 27.0. The SMILES string of the molecule is Cc1nn(CCC#N)c2c1[P@](=Nc1c(Cl)cccc1Cl)(N1C[C@@H](C)O[C@H](C)C1)N(C)C(c1ccccc1)=N2. The zero-order valence-corrected chi connectivity index (χ0v) is 24.3. The van der Waals surface area contributed by atoms with Gasteiger partial charge in [0.25, 0.3) is 0 Å². The monoisotopic (exact) mass is 569 g/mol. The molecule has 1 saturated heterocycles. The van der Waals surface area contributed by atoms with E-state index < -0.39 is 7.36 Å². The summed E-state index contributed by atoms with van der Waals surface area (Å²) in [7, 11) is -0.773. The average molecular weight is 570 g/mol. The molecule has 11 heteroatoms. The van der Waals surface area contributed by atoms with Gasteiger partial charge in [-0.25, -0.2) is 19.1 Å². The molecule has 2 aliphatic heterocycles. The normalized spacial score (nSPS) is 23.5. The van der Waals surface area contributed by atoms with Crippen LogP contribution < -0.4 is 5.30 Å². The Morgan fingerprint density at radius 1 is 1.08 bits per heavy atom. The summed E-state index contributed by atoms with van der Waals surface area (Å²) in [5.74, 6) is 1.50. The summed E-state index contributed by atoms with van der Waals surface area (Å²) in [4.78, 5) is 5.16. The van der Waals surface area contributed by atoms with E-state index in [2.05, 4.69) is 29.3 Å². The number of halogens is 2. The van der Waals surface area contributed by atoms with Crippen molar-refractivity contribution in [2.24, 2.45) is 9.74 Å². The highest BCUT2D eigenvalue weighted by Gasteiger charge is 2.47. The highest BCUT2D eigenvalue weighted by molar-refractivity contribution is 7.70. The van der Waals surface area contributed by atoms with E-state index >= 15 is 0 Å². The fraction of sp³-hybridized carbons (Fsp3) is 0.370. The molecule has 1 aromatic heterocycles. The van der Waals surface area contributed by atoms with Crippen LogP contribution in [0.1, 0.15) is 31.5 Å². The van der Waals surface area contributed by atoms with E-state index in [9.17, 15) is 5.26 Å². The first-order chi connectivity index (χ1) is 18.3. The minimum absolute atomic E-state index is 0.00243. The van der Waals surface area contributed by atoms with Crippen molar-refractivity contribution >= 4 is 53.2 Å². The third-order valence-corrected chi connectivity index (χ3v) is 11.1. The van der Waals surface area contributed by atoms with Crippen LogP contribution in [0.25, 0.3) is 0 Å². The molecule has 3 heterocycles. The number of ether oxygens (including phenoxy) is 1. The number of aromatic nitrogens is 2. The van der Waals surface area contributed by atoms with Crippen molar-refractivity contribution in [3.8, 4) is 6.07 Å². The van der Waals surface area contributed by atoms with E-state index in [-0.39, 0.29) is 12.2 Å². The van der Waals surface area contributed by atoms with Gasteiger partial charge in [0.15, 0.2) is 13.2 Å². The summed E-state index contributed by atoms with van der Waals surface area (Å²) in [5, 5.41) is 16.1. The van der Waals surface area contributed by atoms with Crippen LogP contribution in [0.2, 0.25) is 10.0 Å². The number of amidine groups is 1. The van der Waals surface area contributed by atoms with Crippen LogP contribution in [-0.2, 0) is 11.3 Å². The van der Waals surface area contributed by atoms with Crippen LogP contribution >= 0.6 is 30.6 Å². The Morgan fingerprint density at radius 2 is 1.74 bits per heavy atom.